The zero-order valence-electron chi connectivity index (χ0n) is 17.4. The van der Waals surface area contributed by atoms with E-state index in [1.807, 2.05) is 31.2 Å². The number of aromatic nitrogens is 2. The Morgan fingerprint density at radius 2 is 2.00 bits per heavy atom. The number of likely N-dealkylation sites (tertiary alicyclic amines) is 1. The number of piperidine rings is 1. The topological polar surface area (TPSA) is 80.5 Å². The summed E-state index contributed by atoms with van der Waals surface area (Å²) in [5, 5.41) is 6.98. The van der Waals surface area contributed by atoms with Gasteiger partial charge < -0.3 is 14.6 Å². The zero-order chi connectivity index (χ0) is 21.6. The summed E-state index contributed by atoms with van der Waals surface area (Å²) in [7, 11) is 0. The van der Waals surface area contributed by atoms with E-state index >= 15 is 0 Å². The molecule has 31 heavy (non-hydrogen) atoms. The quantitative estimate of drug-likeness (QED) is 0.614. The number of hydrogen-bond acceptors (Lipinski definition) is 6. The fraction of sp³-hybridized carbons (Fsp3) is 0.348. The van der Waals surface area contributed by atoms with Gasteiger partial charge in [0, 0.05) is 17.8 Å². The molecule has 1 N–H and O–H groups in total. The maximum absolute atomic E-state index is 13.1. The maximum Gasteiger partial charge on any atom is 0.241 e. The number of carbonyl (C=O) groups excluding carboxylic acids is 1. The molecule has 8 heteroatoms. The summed E-state index contributed by atoms with van der Waals surface area (Å²) in [5.74, 6) is 1.27. The molecule has 7 nitrogen and oxygen atoms in total. The van der Waals surface area contributed by atoms with Crippen LogP contribution in [0.15, 0.2) is 53.1 Å². The Kier molecular flexibility index (Phi) is 6.57. The van der Waals surface area contributed by atoms with Crippen LogP contribution in [0.5, 0.6) is 5.75 Å². The third-order valence-corrected chi connectivity index (χ3v) is 5.24. The Morgan fingerprint density at radius 3 is 2.74 bits per heavy atom. The first kappa shape index (κ1) is 21.0. The predicted molar refractivity (Wildman–Crippen MR) is 114 cm³/mol. The summed E-state index contributed by atoms with van der Waals surface area (Å²) >= 11 is 0. The minimum Gasteiger partial charge on any atom is -0.494 e. The van der Waals surface area contributed by atoms with Crippen molar-refractivity contribution in [1.29, 1.82) is 0 Å². The van der Waals surface area contributed by atoms with Crippen LogP contribution < -0.4 is 10.1 Å². The molecular weight excluding hydrogens is 399 g/mol. The Morgan fingerprint density at radius 1 is 1.23 bits per heavy atom. The highest BCUT2D eigenvalue weighted by Gasteiger charge is 2.27. The van der Waals surface area contributed by atoms with Crippen LogP contribution in [-0.2, 0) is 11.3 Å². The molecule has 0 bridgehead atoms. The summed E-state index contributed by atoms with van der Waals surface area (Å²) in [6, 6.07) is 13.4. The average Bonchev–Trinajstić information content (AvgIpc) is 3.24. The van der Waals surface area contributed by atoms with Crippen molar-refractivity contribution in [3.63, 3.8) is 0 Å². The van der Waals surface area contributed by atoms with Crippen molar-refractivity contribution >= 4 is 11.6 Å². The summed E-state index contributed by atoms with van der Waals surface area (Å²) < 4.78 is 23.9. The van der Waals surface area contributed by atoms with Gasteiger partial charge in [-0.1, -0.05) is 5.16 Å². The molecule has 162 valence electrons. The molecule has 1 atom stereocenters. The van der Waals surface area contributed by atoms with Crippen LogP contribution in [0.3, 0.4) is 0 Å². The molecular formula is C23H25FN4O3. The molecule has 1 aliphatic heterocycles. The second kappa shape index (κ2) is 9.70. The number of hydrogen-bond donors (Lipinski definition) is 1. The first-order valence-corrected chi connectivity index (χ1v) is 10.5. The highest BCUT2D eigenvalue weighted by atomic mass is 19.1. The van der Waals surface area contributed by atoms with E-state index in [2.05, 4.69) is 20.4 Å². The van der Waals surface area contributed by atoms with Crippen LogP contribution in [0.25, 0.3) is 11.4 Å². The summed E-state index contributed by atoms with van der Waals surface area (Å²) in [6.07, 6.45) is 1.75. The number of rotatable bonds is 7. The van der Waals surface area contributed by atoms with Gasteiger partial charge in [-0.3, -0.25) is 9.69 Å². The van der Waals surface area contributed by atoms with Crippen molar-refractivity contribution in [1.82, 2.24) is 15.0 Å². The zero-order valence-corrected chi connectivity index (χ0v) is 17.4. The van der Waals surface area contributed by atoms with Crippen LogP contribution in [0.4, 0.5) is 10.1 Å². The smallest absolute Gasteiger partial charge is 0.241 e. The van der Waals surface area contributed by atoms with Crippen molar-refractivity contribution in [2.75, 3.05) is 25.0 Å². The fourth-order valence-electron chi connectivity index (χ4n) is 3.69. The van der Waals surface area contributed by atoms with E-state index < -0.39 is 0 Å². The molecule has 3 aromatic rings. The Hall–Kier alpha value is -3.26. The number of amides is 1. The molecule has 0 radical (unpaired) electrons. The van der Waals surface area contributed by atoms with Gasteiger partial charge in [-0.15, -0.1) is 0 Å². The normalized spacial score (nSPS) is 16.8. The number of anilines is 1. The van der Waals surface area contributed by atoms with Gasteiger partial charge in [0.2, 0.25) is 17.6 Å². The maximum atomic E-state index is 13.1. The standard InChI is InChI=1S/C23H25FN4O3/c1-2-30-20-11-9-19(10-12-20)25-23(29)17-4-3-13-28(14-17)15-21-26-22(27-31-21)16-5-7-18(24)8-6-16/h5-12,17H,2-4,13-15H2,1H3,(H,25,29). The fourth-order valence-corrected chi connectivity index (χ4v) is 3.69. The summed E-state index contributed by atoms with van der Waals surface area (Å²) in [6.45, 7) is 4.50. The Labute approximate surface area is 180 Å². The van der Waals surface area contributed by atoms with Crippen LogP contribution in [0, 0.1) is 11.7 Å². The van der Waals surface area contributed by atoms with E-state index in [1.54, 1.807) is 12.1 Å². The van der Waals surface area contributed by atoms with Gasteiger partial charge in [0.1, 0.15) is 11.6 Å². The van der Waals surface area contributed by atoms with Crippen LogP contribution in [0.1, 0.15) is 25.7 Å². The molecule has 2 aromatic carbocycles. The molecule has 1 aliphatic rings. The van der Waals surface area contributed by atoms with Gasteiger partial charge in [0.25, 0.3) is 0 Å². The van der Waals surface area contributed by atoms with E-state index in [1.165, 1.54) is 12.1 Å². The van der Waals surface area contributed by atoms with Crippen molar-refractivity contribution in [2.24, 2.45) is 5.92 Å². The lowest BCUT2D eigenvalue weighted by Gasteiger charge is -2.30. The van der Waals surface area contributed by atoms with E-state index in [4.69, 9.17) is 9.26 Å². The monoisotopic (exact) mass is 424 g/mol. The number of nitrogens with zero attached hydrogens (tertiary/aromatic N) is 3. The number of carbonyl (C=O) groups is 1. The molecule has 1 unspecified atom stereocenters. The molecule has 1 saturated heterocycles. The minimum absolute atomic E-state index is 0.00592. The van der Waals surface area contributed by atoms with Gasteiger partial charge in [0.05, 0.1) is 19.1 Å². The SMILES string of the molecule is CCOc1ccc(NC(=O)C2CCCN(Cc3nc(-c4ccc(F)cc4)no3)C2)cc1. The van der Waals surface area contributed by atoms with Crippen LogP contribution in [0.2, 0.25) is 0 Å². The van der Waals surface area contributed by atoms with Gasteiger partial charge in [-0.25, -0.2) is 4.39 Å². The number of halogens is 1. The predicted octanol–water partition coefficient (Wildman–Crippen LogP) is 4.13. The first-order valence-electron chi connectivity index (χ1n) is 10.5. The van der Waals surface area contributed by atoms with Crippen molar-refractivity contribution < 1.29 is 18.4 Å². The van der Waals surface area contributed by atoms with Gasteiger partial charge in [0.15, 0.2) is 0 Å². The minimum atomic E-state index is -0.310. The highest BCUT2D eigenvalue weighted by molar-refractivity contribution is 5.92. The van der Waals surface area contributed by atoms with E-state index in [0.29, 0.717) is 37.0 Å². The Bertz CT molecular complexity index is 1000. The van der Waals surface area contributed by atoms with Gasteiger partial charge in [-0.2, -0.15) is 4.98 Å². The largest absolute Gasteiger partial charge is 0.494 e. The number of benzene rings is 2. The second-order valence-electron chi connectivity index (χ2n) is 7.54. The lowest BCUT2D eigenvalue weighted by atomic mass is 9.97. The molecule has 2 heterocycles. The molecule has 0 spiro atoms. The summed E-state index contributed by atoms with van der Waals surface area (Å²) in [5.41, 5.74) is 1.45. The van der Waals surface area contributed by atoms with Gasteiger partial charge >= 0.3 is 0 Å². The molecule has 1 amide bonds. The molecule has 0 saturated carbocycles. The number of nitrogens with one attached hydrogen (secondary N) is 1. The third kappa shape index (κ3) is 5.46. The van der Waals surface area contributed by atoms with Crippen LogP contribution >= 0.6 is 0 Å². The third-order valence-electron chi connectivity index (χ3n) is 5.24. The van der Waals surface area contributed by atoms with Crippen LogP contribution in [-0.4, -0.2) is 40.6 Å². The average molecular weight is 424 g/mol. The highest BCUT2D eigenvalue weighted by Crippen LogP contribution is 2.22. The van der Waals surface area contributed by atoms with Crippen molar-refractivity contribution in [3.05, 3.63) is 60.2 Å². The molecule has 4 rings (SSSR count). The lowest BCUT2D eigenvalue weighted by molar-refractivity contribution is -0.121. The summed E-state index contributed by atoms with van der Waals surface area (Å²) in [4.78, 5) is 19.3. The van der Waals surface area contributed by atoms with E-state index in [9.17, 15) is 9.18 Å². The number of ether oxygens (including phenoxy) is 1. The van der Waals surface area contributed by atoms with E-state index in [0.717, 1.165) is 30.8 Å². The lowest BCUT2D eigenvalue weighted by Crippen LogP contribution is -2.40. The molecule has 0 aliphatic carbocycles. The first-order chi connectivity index (χ1) is 15.1. The molecule has 1 aromatic heterocycles. The molecule has 1 fully saturated rings. The van der Waals surface area contributed by atoms with Crippen molar-refractivity contribution in [2.45, 2.75) is 26.3 Å². The Balaban J connectivity index is 1.33. The van der Waals surface area contributed by atoms with E-state index in [-0.39, 0.29) is 17.6 Å². The van der Waals surface area contributed by atoms with Gasteiger partial charge in [-0.05, 0) is 74.8 Å². The second-order valence-corrected chi connectivity index (χ2v) is 7.54. The van der Waals surface area contributed by atoms with Crippen molar-refractivity contribution in [3.8, 4) is 17.1 Å².